The Labute approximate surface area is 105 Å². The number of carbonyl (C=O) groups is 1. The summed E-state index contributed by atoms with van der Waals surface area (Å²) in [5.74, 6) is 0.385. The molecule has 5 heteroatoms. The van der Waals surface area contributed by atoms with Crippen molar-refractivity contribution in [1.82, 2.24) is 9.55 Å². The number of imidazole rings is 1. The lowest BCUT2D eigenvalue weighted by atomic mass is 10.3. The Kier molecular flexibility index (Phi) is 3.32. The van der Waals surface area contributed by atoms with Crippen LogP contribution in [0.25, 0.3) is 5.69 Å². The molecule has 1 aromatic heterocycles. The number of nitrogen functional groups attached to an aromatic ring is 1. The second-order valence-electron chi connectivity index (χ2n) is 3.78. The molecule has 1 heterocycles. The molecule has 0 aliphatic rings. The quantitative estimate of drug-likeness (QED) is 0.839. The van der Waals surface area contributed by atoms with Crippen molar-refractivity contribution in [1.29, 1.82) is 0 Å². The fourth-order valence-corrected chi connectivity index (χ4v) is 1.84. The Morgan fingerprint density at radius 2 is 2.06 bits per heavy atom. The maximum atomic E-state index is 11.9. The molecule has 0 aliphatic heterocycles. The van der Waals surface area contributed by atoms with Gasteiger partial charge in [-0.1, -0.05) is 18.2 Å². The van der Waals surface area contributed by atoms with Crippen molar-refractivity contribution >= 4 is 11.8 Å². The average Bonchev–Trinajstić information content (AvgIpc) is 2.65. The summed E-state index contributed by atoms with van der Waals surface area (Å²) in [5.41, 5.74) is 6.89. The molecule has 0 amide bonds. The first-order chi connectivity index (χ1) is 8.65. The minimum Gasteiger partial charge on any atom is -0.461 e. The zero-order valence-electron chi connectivity index (χ0n) is 10.4. The lowest BCUT2D eigenvalue weighted by Gasteiger charge is -2.09. The van der Waals surface area contributed by atoms with Crippen molar-refractivity contribution in [2.75, 3.05) is 12.3 Å². The summed E-state index contributed by atoms with van der Waals surface area (Å²) in [5, 5.41) is 0. The summed E-state index contributed by atoms with van der Waals surface area (Å²) in [6, 6.07) is 9.46. The number of nitrogens with zero attached hydrogens (tertiary/aromatic N) is 2. The summed E-state index contributed by atoms with van der Waals surface area (Å²) in [4.78, 5) is 16.0. The average molecular weight is 245 g/mol. The molecular formula is C13H15N3O2. The highest BCUT2D eigenvalue weighted by atomic mass is 16.5. The van der Waals surface area contributed by atoms with Gasteiger partial charge in [0, 0.05) is 5.69 Å². The Hall–Kier alpha value is -2.30. The number of ether oxygens (including phenoxy) is 1. The van der Waals surface area contributed by atoms with Crippen molar-refractivity contribution in [2.24, 2.45) is 0 Å². The molecule has 0 bridgehead atoms. The molecule has 0 fully saturated rings. The predicted molar refractivity (Wildman–Crippen MR) is 68.7 cm³/mol. The molecule has 0 saturated carbocycles. The lowest BCUT2D eigenvalue weighted by molar-refractivity contribution is 0.0518. The predicted octanol–water partition coefficient (Wildman–Crippen LogP) is 1.94. The SMILES string of the molecule is CCOC(=O)c1c(N)nc(C)n1-c1ccccc1. The number of aromatic nitrogens is 2. The van der Waals surface area contributed by atoms with E-state index in [1.807, 2.05) is 30.3 Å². The van der Waals surface area contributed by atoms with E-state index in [1.165, 1.54) is 0 Å². The van der Waals surface area contributed by atoms with Crippen LogP contribution in [0.2, 0.25) is 0 Å². The second kappa shape index (κ2) is 4.91. The third-order valence-electron chi connectivity index (χ3n) is 2.56. The molecule has 0 radical (unpaired) electrons. The van der Waals surface area contributed by atoms with E-state index in [1.54, 1.807) is 18.4 Å². The number of rotatable bonds is 3. The minimum absolute atomic E-state index is 0.190. The molecule has 0 atom stereocenters. The van der Waals surface area contributed by atoms with E-state index < -0.39 is 5.97 Å². The highest BCUT2D eigenvalue weighted by molar-refractivity contribution is 5.93. The van der Waals surface area contributed by atoms with E-state index in [0.717, 1.165) is 5.69 Å². The smallest absolute Gasteiger partial charge is 0.359 e. The van der Waals surface area contributed by atoms with Gasteiger partial charge in [0.1, 0.15) is 5.82 Å². The maximum Gasteiger partial charge on any atom is 0.359 e. The zero-order valence-corrected chi connectivity index (χ0v) is 10.4. The first kappa shape index (κ1) is 12.2. The molecule has 0 unspecified atom stereocenters. The van der Waals surface area contributed by atoms with Crippen LogP contribution in [0, 0.1) is 6.92 Å². The van der Waals surface area contributed by atoms with Crippen molar-refractivity contribution in [3.63, 3.8) is 0 Å². The number of nitrogens with two attached hydrogens (primary N) is 1. The summed E-state index contributed by atoms with van der Waals surface area (Å²) >= 11 is 0. The van der Waals surface area contributed by atoms with Crippen LogP contribution >= 0.6 is 0 Å². The first-order valence-corrected chi connectivity index (χ1v) is 5.72. The molecule has 1 aromatic carbocycles. The van der Waals surface area contributed by atoms with Crippen LogP contribution in [-0.2, 0) is 4.74 Å². The highest BCUT2D eigenvalue weighted by Crippen LogP contribution is 2.20. The fourth-order valence-electron chi connectivity index (χ4n) is 1.84. The highest BCUT2D eigenvalue weighted by Gasteiger charge is 2.21. The van der Waals surface area contributed by atoms with Crippen LogP contribution in [0.3, 0.4) is 0 Å². The topological polar surface area (TPSA) is 70.1 Å². The monoisotopic (exact) mass is 245 g/mol. The van der Waals surface area contributed by atoms with Crippen LogP contribution in [0.4, 0.5) is 5.82 Å². The minimum atomic E-state index is -0.459. The van der Waals surface area contributed by atoms with E-state index in [-0.39, 0.29) is 11.5 Å². The number of esters is 1. The van der Waals surface area contributed by atoms with Crippen molar-refractivity contribution in [3.8, 4) is 5.69 Å². The number of hydrogen-bond acceptors (Lipinski definition) is 4. The molecule has 0 saturated heterocycles. The van der Waals surface area contributed by atoms with Crippen molar-refractivity contribution in [2.45, 2.75) is 13.8 Å². The van der Waals surface area contributed by atoms with E-state index in [0.29, 0.717) is 12.4 Å². The molecule has 2 aromatic rings. The fraction of sp³-hybridized carbons (Fsp3) is 0.231. The van der Waals surface area contributed by atoms with Gasteiger partial charge in [-0.25, -0.2) is 9.78 Å². The summed E-state index contributed by atoms with van der Waals surface area (Å²) < 4.78 is 6.71. The molecular weight excluding hydrogens is 230 g/mol. The van der Waals surface area contributed by atoms with E-state index in [2.05, 4.69) is 4.98 Å². The third-order valence-corrected chi connectivity index (χ3v) is 2.56. The van der Waals surface area contributed by atoms with Gasteiger partial charge in [-0.3, -0.25) is 4.57 Å². The number of carbonyl (C=O) groups excluding carboxylic acids is 1. The first-order valence-electron chi connectivity index (χ1n) is 5.72. The summed E-state index contributed by atoms with van der Waals surface area (Å²) in [6.07, 6.45) is 0. The van der Waals surface area contributed by atoms with Crippen molar-refractivity contribution < 1.29 is 9.53 Å². The molecule has 5 nitrogen and oxygen atoms in total. The normalized spacial score (nSPS) is 10.3. The molecule has 0 spiro atoms. The number of anilines is 1. The number of hydrogen-bond donors (Lipinski definition) is 1. The largest absolute Gasteiger partial charge is 0.461 e. The second-order valence-corrected chi connectivity index (χ2v) is 3.78. The van der Waals surface area contributed by atoms with Gasteiger partial charge in [-0.05, 0) is 26.0 Å². The zero-order chi connectivity index (χ0) is 13.1. The van der Waals surface area contributed by atoms with E-state index in [4.69, 9.17) is 10.5 Å². The molecule has 2 N–H and O–H groups in total. The van der Waals surface area contributed by atoms with Gasteiger partial charge in [-0.2, -0.15) is 0 Å². The summed E-state index contributed by atoms with van der Waals surface area (Å²) in [6.45, 7) is 3.85. The Bertz CT molecular complexity index is 561. The van der Waals surface area contributed by atoms with Crippen LogP contribution in [0.1, 0.15) is 23.2 Å². The number of benzene rings is 1. The van der Waals surface area contributed by atoms with Gasteiger partial charge in [0.2, 0.25) is 0 Å². The van der Waals surface area contributed by atoms with Crippen LogP contribution in [0.15, 0.2) is 30.3 Å². The number of para-hydroxylation sites is 1. The van der Waals surface area contributed by atoms with Crippen LogP contribution < -0.4 is 5.73 Å². The standard InChI is InChI=1S/C13H15N3O2/c1-3-18-13(17)11-12(14)15-9(2)16(11)10-7-5-4-6-8-10/h4-8H,3,14H2,1-2H3. The van der Waals surface area contributed by atoms with Gasteiger partial charge in [0.05, 0.1) is 6.61 Å². The lowest BCUT2D eigenvalue weighted by Crippen LogP contribution is -2.13. The van der Waals surface area contributed by atoms with Crippen molar-refractivity contribution in [3.05, 3.63) is 41.9 Å². The molecule has 94 valence electrons. The Balaban J connectivity index is 2.57. The molecule has 18 heavy (non-hydrogen) atoms. The van der Waals surface area contributed by atoms with Gasteiger partial charge in [0.25, 0.3) is 0 Å². The Morgan fingerprint density at radius 1 is 1.39 bits per heavy atom. The van der Waals surface area contributed by atoms with Crippen LogP contribution in [0.5, 0.6) is 0 Å². The van der Waals surface area contributed by atoms with E-state index >= 15 is 0 Å². The maximum absolute atomic E-state index is 11.9. The van der Waals surface area contributed by atoms with Crippen LogP contribution in [-0.4, -0.2) is 22.1 Å². The van der Waals surface area contributed by atoms with Gasteiger partial charge >= 0.3 is 5.97 Å². The Morgan fingerprint density at radius 3 is 2.67 bits per heavy atom. The summed E-state index contributed by atoms with van der Waals surface area (Å²) in [7, 11) is 0. The number of aryl methyl sites for hydroxylation is 1. The van der Waals surface area contributed by atoms with E-state index in [9.17, 15) is 4.79 Å². The van der Waals surface area contributed by atoms with Gasteiger partial charge < -0.3 is 10.5 Å². The molecule has 0 aliphatic carbocycles. The van der Waals surface area contributed by atoms with Gasteiger partial charge in [-0.15, -0.1) is 0 Å². The molecule has 2 rings (SSSR count). The van der Waals surface area contributed by atoms with Gasteiger partial charge in [0.15, 0.2) is 11.5 Å². The third kappa shape index (κ3) is 2.07.